The van der Waals surface area contributed by atoms with Crippen molar-refractivity contribution in [1.82, 2.24) is 4.72 Å². The van der Waals surface area contributed by atoms with Crippen LogP contribution in [0.2, 0.25) is 10.0 Å². The summed E-state index contributed by atoms with van der Waals surface area (Å²) in [5, 5.41) is -0.720. The van der Waals surface area contributed by atoms with Crippen LogP contribution in [0.15, 0.2) is 17.0 Å². The van der Waals surface area contributed by atoms with Crippen molar-refractivity contribution in [1.29, 1.82) is 0 Å². The maximum Gasteiger partial charge on any atom is 0.242 e. The van der Waals surface area contributed by atoms with Gasteiger partial charge in [0.25, 0.3) is 0 Å². The predicted octanol–water partition coefficient (Wildman–Crippen LogP) is 2.93. The smallest absolute Gasteiger partial charge is 0.242 e. The molecule has 0 heterocycles. The Hall–Kier alpha value is -0.400. The van der Waals surface area contributed by atoms with E-state index in [-0.39, 0.29) is 28.4 Å². The normalized spacial score (nSPS) is 18.1. The van der Waals surface area contributed by atoms with E-state index in [2.05, 4.69) is 4.72 Å². The van der Waals surface area contributed by atoms with Crippen LogP contribution < -0.4 is 10.5 Å². The minimum absolute atomic E-state index is 0.192. The molecule has 2 rings (SSSR count). The van der Waals surface area contributed by atoms with Crippen molar-refractivity contribution in [2.45, 2.75) is 36.6 Å². The molecular formula is C13H17Cl2FN2O2S. The fraction of sp³-hybridized carbons (Fsp3) is 0.538. The molecule has 0 saturated heterocycles. The van der Waals surface area contributed by atoms with Crippen LogP contribution in [0.25, 0.3) is 0 Å². The number of hydrogen-bond donors (Lipinski definition) is 2. The van der Waals surface area contributed by atoms with Gasteiger partial charge < -0.3 is 5.73 Å². The summed E-state index contributed by atoms with van der Waals surface area (Å²) in [7, 11) is -3.94. The molecule has 0 radical (unpaired) electrons. The van der Waals surface area contributed by atoms with Gasteiger partial charge in [0.2, 0.25) is 10.0 Å². The SMILES string of the molecule is NCC(NS(=O)(=O)c1ccc(Cl)c(F)c1Cl)C1CCCC1. The summed E-state index contributed by atoms with van der Waals surface area (Å²) in [6, 6.07) is 2.00. The van der Waals surface area contributed by atoms with Gasteiger partial charge in [-0.05, 0) is 30.9 Å². The Balaban J connectivity index is 2.27. The van der Waals surface area contributed by atoms with Crippen LogP contribution in [0.5, 0.6) is 0 Å². The summed E-state index contributed by atoms with van der Waals surface area (Å²) in [6.45, 7) is 0.192. The Labute approximate surface area is 133 Å². The Morgan fingerprint density at radius 2 is 1.95 bits per heavy atom. The van der Waals surface area contributed by atoms with E-state index in [9.17, 15) is 12.8 Å². The van der Waals surface area contributed by atoms with Crippen molar-refractivity contribution in [2.75, 3.05) is 6.54 Å². The Morgan fingerprint density at radius 1 is 1.33 bits per heavy atom. The van der Waals surface area contributed by atoms with E-state index in [4.69, 9.17) is 28.9 Å². The van der Waals surface area contributed by atoms with Crippen LogP contribution in [-0.4, -0.2) is 21.0 Å². The second kappa shape index (κ2) is 6.79. The van der Waals surface area contributed by atoms with Crippen LogP contribution in [0, 0.1) is 11.7 Å². The summed E-state index contributed by atoms with van der Waals surface area (Å²) in [5.74, 6) is -0.730. The third-order valence-corrected chi connectivity index (χ3v) is 6.12. The summed E-state index contributed by atoms with van der Waals surface area (Å²) < 4.78 is 41.0. The summed E-state index contributed by atoms with van der Waals surface area (Å²) in [5.41, 5.74) is 5.67. The van der Waals surface area contributed by atoms with Crippen molar-refractivity contribution < 1.29 is 12.8 Å². The van der Waals surface area contributed by atoms with Gasteiger partial charge in [-0.2, -0.15) is 0 Å². The number of sulfonamides is 1. The lowest BCUT2D eigenvalue weighted by atomic mass is 9.99. The largest absolute Gasteiger partial charge is 0.329 e. The number of nitrogens with two attached hydrogens (primary N) is 1. The van der Waals surface area contributed by atoms with Crippen LogP contribution in [0.1, 0.15) is 25.7 Å². The highest BCUT2D eigenvalue weighted by Crippen LogP contribution is 2.31. The van der Waals surface area contributed by atoms with E-state index in [0.717, 1.165) is 25.7 Å². The molecule has 118 valence electrons. The van der Waals surface area contributed by atoms with E-state index in [0.29, 0.717) is 0 Å². The maximum absolute atomic E-state index is 13.7. The molecule has 0 aliphatic heterocycles. The van der Waals surface area contributed by atoms with E-state index in [1.54, 1.807) is 0 Å². The van der Waals surface area contributed by atoms with E-state index < -0.39 is 20.9 Å². The van der Waals surface area contributed by atoms with Crippen LogP contribution in [-0.2, 0) is 10.0 Å². The number of halogens is 3. The van der Waals surface area contributed by atoms with Gasteiger partial charge in [-0.1, -0.05) is 36.0 Å². The molecule has 21 heavy (non-hydrogen) atoms. The van der Waals surface area contributed by atoms with Crippen molar-refractivity contribution in [3.63, 3.8) is 0 Å². The molecule has 1 aliphatic carbocycles. The molecule has 1 aromatic carbocycles. The molecular weight excluding hydrogens is 338 g/mol. The molecule has 3 N–H and O–H groups in total. The average molecular weight is 355 g/mol. The first-order valence-electron chi connectivity index (χ1n) is 6.72. The molecule has 1 aliphatic rings. The zero-order chi connectivity index (χ0) is 15.6. The average Bonchev–Trinajstić information content (AvgIpc) is 2.96. The monoisotopic (exact) mass is 354 g/mol. The zero-order valence-corrected chi connectivity index (χ0v) is 13.6. The Bertz CT molecular complexity index is 619. The first-order chi connectivity index (χ1) is 9.86. The van der Waals surface area contributed by atoms with E-state index in [1.165, 1.54) is 12.1 Å². The van der Waals surface area contributed by atoms with Gasteiger partial charge in [0.05, 0.1) is 10.0 Å². The molecule has 0 bridgehead atoms. The van der Waals surface area contributed by atoms with E-state index in [1.807, 2.05) is 0 Å². The van der Waals surface area contributed by atoms with Gasteiger partial charge in [-0.25, -0.2) is 17.5 Å². The van der Waals surface area contributed by atoms with Crippen molar-refractivity contribution >= 4 is 33.2 Å². The quantitative estimate of drug-likeness (QED) is 0.798. The number of nitrogens with one attached hydrogen (secondary N) is 1. The molecule has 1 atom stereocenters. The van der Waals surface area contributed by atoms with Gasteiger partial charge in [-0.15, -0.1) is 0 Å². The third kappa shape index (κ3) is 3.68. The second-order valence-corrected chi connectivity index (χ2v) is 7.65. The standard InChI is InChI=1S/C13H17Cl2FN2O2S/c14-9-5-6-11(12(15)13(9)16)21(19,20)18-10(7-17)8-3-1-2-4-8/h5-6,8,10,18H,1-4,7,17H2. The molecule has 1 fully saturated rings. The van der Waals surface area contributed by atoms with Gasteiger partial charge in [-0.3, -0.25) is 0 Å². The lowest BCUT2D eigenvalue weighted by Crippen LogP contribution is -2.44. The predicted molar refractivity (Wildman–Crippen MR) is 81.5 cm³/mol. The van der Waals surface area contributed by atoms with Gasteiger partial charge in [0.15, 0.2) is 5.82 Å². The van der Waals surface area contributed by atoms with E-state index >= 15 is 0 Å². The molecule has 0 aromatic heterocycles. The fourth-order valence-corrected chi connectivity index (χ4v) is 4.74. The molecule has 1 unspecified atom stereocenters. The summed E-state index contributed by atoms with van der Waals surface area (Å²) in [6.07, 6.45) is 4.01. The van der Waals surface area contributed by atoms with Crippen molar-refractivity contribution in [3.8, 4) is 0 Å². The first kappa shape index (κ1) is 17.0. The highest BCUT2D eigenvalue weighted by Gasteiger charge is 2.30. The Morgan fingerprint density at radius 3 is 2.52 bits per heavy atom. The molecule has 1 aromatic rings. The minimum atomic E-state index is -3.94. The van der Waals surface area contributed by atoms with Gasteiger partial charge >= 0.3 is 0 Å². The topological polar surface area (TPSA) is 72.2 Å². The molecule has 4 nitrogen and oxygen atoms in total. The van der Waals surface area contributed by atoms with Gasteiger partial charge in [0, 0.05) is 12.6 Å². The highest BCUT2D eigenvalue weighted by atomic mass is 35.5. The number of rotatable bonds is 5. The Kier molecular flexibility index (Phi) is 5.48. The molecule has 0 amide bonds. The minimum Gasteiger partial charge on any atom is -0.329 e. The van der Waals surface area contributed by atoms with Crippen LogP contribution in [0.4, 0.5) is 4.39 Å². The highest BCUT2D eigenvalue weighted by molar-refractivity contribution is 7.89. The van der Waals surface area contributed by atoms with Crippen molar-refractivity contribution in [3.05, 3.63) is 28.0 Å². The summed E-state index contributed by atoms with van der Waals surface area (Å²) >= 11 is 11.3. The lowest BCUT2D eigenvalue weighted by molar-refractivity contribution is 0.405. The number of hydrogen-bond acceptors (Lipinski definition) is 3. The fourth-order valence-electron chi connectivity index (χ4n) is 2.68. The maximum atomic E-state index is 13.7. The molecule has 8 heteroatoms. The molecule has 0 spiro atoms. The number of benzene rings is 1. The zero-order valence-electron chi connectivity index (χ0n) is 11.3. The first-order valence-corrected chi connectivity index (χ1v) is 8.96. The molecule has 1 saturated carbocycles. The van der Waals surface area contributed by atoms with Crippen LogP contribution in [0.3, 0.4) is 0 Å². The lowest BCUT2D eigenvalue weighted by Gasteiger charge is -2.23. The summed E-state index contributed by atoms with van der Waals surface area (Å²) in [4.78, 5) is -0.317. The van der Waals surface area contributed by atoms with Crippen molar-refractivity contribution in [2.24, 2.45) is 11.7 Å². The van der Waals surface area contributed by atoms with Gasteiger partial charge in [0.1, 0.15) is 4.90 Å². The second-order valence-electron chi connectivity index (χ2n) is 5.18. The third-order valence-electron chi connectivity index (χ3n) is 3.82. The van der Waals surface area contributed by atoms with Crippen LogP contribution >= 0.6 is 23.2 Å².